The molecule has 3 aliphatic carbocycles. The van der Waals surface area contributed by atoms with Gasteiger partial charge < -0.3 is 0 Å². The lowest BCUT2D eigenvalue weighted by Crippen LogP contribution is -2.33. The van der Waals surface area contributed by atoms with Crippen LogP contribution in [0.15, 0.2) is 42.6 Å². The van der Waals surface area contributed by atoms with Gasteiger partial charge in [-0.15, -0.1) is 0 Å². The Hall–Kier alpha value is -2.41. The number of benzene rings is 2. The molecule has 0 aliphatic heterocycles. The molecule has 1 nitrogen and oxygen atoms in total. The first-order valence-electron chi connectivity index (χ1n) is 13.7. The van der Waals surface area contributed by atoms with Crippen molar-refractivity contribution in [1.29, 1.82) is 0 Å². The highest BCUT2D eigenvalue weighted by Crippen LogP contribution is 2.51. The maximum Gasteiger partial charge on any atom is 0.213 e. The van der Waals surface area contributed by atoms with Crippen LogP contribution in [0.25, 0.3) is 22.4 Å². The fourth-order valence-corrected chi connectivity index (χ4v) is 7.67. The summed E-state index contributed by atoms with van der Waals surface area (Å²) in [5.74, 6) is 0.726. The first kappa shape index (κ1) is 22.1. The van der Waals surface area contributed by atoms with Crippen LogP contribution in [0, 0.1) is 26.2 Å². The van der Waals surface area contributed by atoms with Crippen LogP contribution in [-0.4, -0.2) is 0 Å². The summed E-state index contributed by atoms with van der Waals surface area (Å²) in [6.07, 6.45) is 16.5. The van der Waals surface area contributed by atoms with Crippen LogP contribution < -0.4 is 4.57 Å². The fourth-order valence-electron chi connectivity index (χ4n) is 7.67. The molecule has 0 unspecified atom stereocenters. The van der Waals surface area contributed by atoms with Crippen LogP contribution >= 0.6 is 0 Å². The molecule has 2 fully saturated rings. The van der Waals surface area contributed by atoms with Crippen molar-refractivity contribution in [2.75, 3.05) is 0 Å². The fraction of sp³-hybridized carbons (Fsp3) is 0.485. The van der Waals surface area contributed by atoms with Gasteiger partial charge in [0.2, 0.25) is 5.69 Å². The van der Waals surface area contributed by atoms with Crippen molar-refractivity contribution < 1.29 is 4.57 Å². The number of rotatable bonds is 2. The van der Waals surface area contributed by atoms with Crippen molar-refractivity contribution in [2.24, 2.45) is 12.5 Å². The number of aryl methyl sites for hydroxylation is 4. The number of pyridine rings is 1. The summed E-state index contributed by atoms with van der Waals surface area (Å²) in [7, 11) is 2.25. The Morgan fingerprint density at radius 3 is 2.32 bits per heavy atom. The molecule has 176 valence electrons. The maximum absolute atomic E-state index is 2.58. The summed E-state index contributed by atoms with van der Waals surface area (Å²) in [6, 6.07) is 14.3. The highest BCUT2D eigenvalue weighted by Gasteiger charge is 2.37. The van der Waals surface area contributed by atoms with E-state index in [4.69, 9.17) is 0 Å². The lowest BCUT2D eigenvalue weighted by atomic mass is 9.62. The zero-order chi connectivity index (χ0) is 23.4. The average Bonchev–Trinajstić information content (AvgIpc) is 3.19. The highest BCUT2D eigenvalue weighted by atomic mass is 14.9. The number of hydrogen-bond donors (Lipinski definition) is 0. The summed E-state index contributed by atoms with van der Waals surface area (Å²) < 4.78 is 2.39. The van der Waals surface area contributed by atoms with Crippen LogP contribution in [0.5, 0.6) is 0 Å². The molecule has 0 atom stereocenters. The molecule has 0 saturated heterocycles. The molecule has 1 heteroatoms. The van der Waals surface area contributed by atoms with E-state index < -0.39 is 0 Å². The predicted molar refractivity (Wildman–Crippen MR) is 142 cm³/mol. The van der Waals surface area contributed by atoms with Crippen LogP contribution in [-0.2, 0) is 13.5 Å². The van der Waals surface area contributed by atoms with Crippen molar-refractivity contribution in [3.05, 3.63) is 76.0 Å². The van der Waals surface area contributed by atoms with Crippen LogP contribution in [0.3, 0.4) is 0 Å². The van der Waals surface area contributed by atoms with Crippen molar-refractivity contribution >= 4 is 0 Å². The molecule has 2 saturated carbocycles. The number of hydrogen-bond acceptors (Lipinski definition) is 0. The zero-order valence-electron chi connectivity index (χ0n) is 21.6. The van der Waals surface area contributed by atoms with E-state index in [1.807, 2.05) is 0 Å². The Labute approximate surface area is 206 Å². The molecule has 1 heterocycles. The second-order valence-corrected chi connectivity index (χ2v) is 11.9. The van der Waals surface area contributed by atoms with E-state index in [1.165, 1.54) is 108 Å². The lowest BCUT2D eigenvalue weighted by Gasteiger charge is -2.43. The van der Waals surface area contributed by atoms with E-state index in [1.54, 1.807) is 5.56 Å². The molecule has 0 bridgehead atoms. The Kier molecular flexibility index (Phi) is 5.43. The average molecular weight is 451 g/mol. The smallest absolute Gasteiger partial charge is 0.201 e. The van der Waals surface area contributed by atoms with Gasteiger partial charge in [-0.05, 0) is 110 Å². The topological polar surface area (TPSA) is 3.88 Å². The third-order valence-electron chi connectivity index (χ3n) is 9.62. The van der Waals surface area contributed by atoms with E-state index in [-0.39, 0.29) is 0 Å². The van der Waals surface area contributed by atoms with Crippen LogP contribution in [0.1, 0.15) is 97.1 Å². The van der Waals surface area contributed by atoms with Gasteiger partial charge in [0.25, 0.3) is 0 Å². The summed E-state index contributed by atoms with van der Waals surface area (Å²) >= 11 is 0. The second kappa shape index (κ2) is 8.36. The Morgan fingerprint density at radius 1 is 0.794 bits per heavy atom. The molecule has 3 aliphatic rings. The first-order valence-corrected chi connectivity index (χ1v) is 13.7. The van der Waals surface area contributed by atoms with E-state index in [2.05, 4.69) is 75.0 Å². The first-order chi connectivity index (χ1) is 16.4. The number of aromatic nitrogens is 1. The van der Waals surface area contributed by atoms with Gasteiger partial charge in [-0.1, -0.05) is 55.2 Å². The van der Waals surface area contributed by atoms with Crippen LogP contribution in [0.4, 0.5) is 0 Å². The minimum absolute atomic E-state index is 0.686. The van der Waals surface area contributed by atoms with Gasteiger partial charge in [0.1, 0.15) is 7.05 Å². The van der Waals surface area contributed by atoms with Gasteiger partial charge in [-0.25, -0.2) is 4.57 Å². The minimum atomic E-state index is 0.686. The normalized spacial score (nSPS) is 19.3. The van der Waals surface area contributed by atoms with E-state index in [0.29, 0.717) is 5.41 Å². The molecular weight excluding hydrogens is 410 g/mol. The third kappa shape index (κ3) is 3.63. The third-order valence-corrected chi connectivity index (χ3v) is 9.62. The summed E-state index contributed by atoms with van der Waals surface area (Å²) in [5.41, 5.74) is 15.3. The van der Waals surface area contributed by atoms with Gasteiger partial charge >= 0.3 is 0 Å². The quantitative estimate of drug-likeness (QED) is 0.270. The SMILES string of the molecule is Cc1ccc2c(c1)-c1ccc(C)c(-c3cc(C4CCC5(CCCCC5)CC4)c(C)c[n+]3C)c1C2. The van der Waals surface area contributed by atoms with E-state index in [0.717, 1.165) is 12.3 Å². The van der Waals surface area contributed by atoms with E-state index in [9.17, 15) is 0 Å². The molecule has 3 aromatic rings. The van der Waals surface area contributed by atoms with Gasteiger partial charge in [0.15, 0.2) is 6.20 Å². The van der Waals surface area contributed by atoms with Crippen molar-refractivity contribution in [1.82, 2.24) is 0 Å². The number of fused-ring (bicyclic) bond motifs is 3. The van der Waals surface area contributed by atoms with Crippen molar-refractivity contribution in [3.8, 4) is 22.4 Å². The molecule has 6 rings (SSSR count). The van der Waals surface area contributed by atoms with Gasteiger partial charge in [0.05, 0.1) is 5.56 Å². The monoisotopic (exact) mass is 450 g/mol. The maximum atomic E-state index is 2.58. The summed E-state index contributed by atoms with van der Waals surface area (Å²) in [6.45, 7) is 6.85. The molecule has 0 radical (unpaired) electrons. The Bertz CT molecular complexity index is 1250. The molecule has 0 amide bonds. The molecule has 2 aromatic carbocycles. The predicted octanol–water partition coefficient (Wildman–Crippen LogP) is 8.28. The molecular formula is C33H40N+. The largest absolute Gasteiger partial charge is 0.213 e. The lowest BCUT2D eigenvalue weighted by molar-refractivity contribution is -0.660. The molecule has 1 spiro atoms. The standard InChI is InChI=1S/C33H40N/c1-22-8-10-26-19-30-27(29(26)18-22)11-9-23(2)32(30)31-20-28(24(3)21-34(31)4)25-12-16-33(17-13-25)14-6-5-7-15-33/h8-11,18,20-21,25H,5-7,12-17,19H2,1-4H3/q+1. The summed E-state index contributed by atoms with van der Waals surface area (Å²) in [5, 5.41) is 0. The molecule has 1 aromatic heterocycles. The van der Waals surface area contributed by atoms with Gasteiger partial charge in [0, 0.05) is 11.6 Å². The summed E-state index contributed by atoms with van der Waals surface area (Å²) in [4.78, 5) is 0. The number of nitrogens with zero attached hydrogens (tertiary/aromatic N) is 1. The Morgan fingerprint density at radius 2 is 1.56 bits per heavy atom. The van der Waals surface area contributed by atoms with Crippen LogP contribution in [0.2, 0.25) is 0 Å². The van der Waals surface area contributed by atoms with Gasteiger partial charge in [-0.2, -0.15) is 0 Å². The van der Waals surface area contributed by atoms with Crippen molar-refractivity contribution in [3.63, 3.8) is 0 Å². The van der Waals surface area contributed by atoms with Gasteiger partial charge in [-0.3, -0.25) is 0 Å². The second-order valence-electron chi connectivity index (χ2n) is 11.9. The van der Waals surface area contributed by atoms with E-state index >= 15 is 0 Å². The highest BCUT2D eigenvalue weighted by molar-refractivity contribution is 5.85. The molecule has 0 N–H and O–H groups in total. The van der Waals surface area contributed by atoms with Crippen molar-refractivity contribution in [2.45, 2.75) is 90.9 Å². The minimum Gasteiger partial charge on any atom is -0.201 e. The molecule has 34 heavy (non-hydrogen) atoms. The Balaban J connectivity index is 1.38. The zero-order valence-corrected chi connectivity index (χ0v) is 21.6.